The average molecular weight is 408 g/mol. The van der Waals surface area contributed by atoms with Gasteiger partial charge in [-0.05, 0) is 19.9 Å². The van der Waals surface area contributed by atoms with Crippen LogP contribution in [-0.2, 0) is 20.0 Å². The molecule has 0 aliphatic heterocycles. The first kappa shape index (κ1) is 25.4. The van der Waals surface area contributed by atoms with Crippen LogP contribution in [0.2, 0.25) is 0 Å². The fourth-order valence-electron chi connectivity index (χ4n) is 1.10. The van der Waals surface area contributed by atoms with Gasteiger partial charge in [0.2, 0.25) is 0 Å². The van der Waals surface area contributed by atoms with Crippen molar-refractivity contribution < 1.29 is 47.7 Å². The van der Waals surface area contributed by atoms with Gasteiger partial charge in [0.25, 0.3) is 0 Å². The molecule has 0 saturated heterocycles. The van der Waals surface area contributed by atoms with Crippen LogP contribution < -0.4 is 0 Å². The van der Waals surface area contributed by atoms with Crippen LogP contribution in [0.15, 0.2) is 12.8 Å². The highest BCUT2D eigenvalue weighted by atomic mass is 32.3. The number of halogens is 6. The number of sulfonamides is 2. The zero-order valence-electron chi connectivity index (χ0n) is 13.0. The van der Waals surface area contributed by atoms with Crippen LogP contribution in [-0.4, -0.2) is 52.5 Å². The highest BCUT2D eigenvalue weighted by Gasteiger charge is 2.46. The van der Waals surface area contributed by atoms with E-state index in [9.17, 15) is 43.2 Å². The fraction of sp³-hybridized carbons (Fsp3) is 0.800. The molecule has 0 aromatic rings. The summed E-state index contributed by atoms with van der Waals surface area (Å²) in [6.07, 6.45) is 3.25. The van der Waals surface area contributed by atoms with Crippen molar-refractivity contribution in [1.82, 2.24) is 0 Å². The van der Waals surface area contributed by atoms with E-state index in [2.05, 4.69) is 27.5 Å². The maximum atomic E-state index is 11.4. The third-order valence-corrected chi connectivity index (χ3v) is 5.42. The predicted octanol–water partition coefficient (Wildman–Crippen LogP) is 3.07. The van der Waals surface area contributed by atoms with Crippen LogP contribution in [0, 0.1) is 0 Å². The Bertz CT molecular complexity index is 570. The first-order valence-electron chi connectivity index (χ1n) is 6.23. The third-order valence-electron chi connectivity index (χ3n) is 2.68. The standard InChI is InChI=1S/C8H18N.C2F6NO4S2/c1-5-8-9(4,6-2)7-3;3-1(4,5)14(10,11)9-15(12,13)2(6,7)8/h6H,2,5,7-8H2,1,3-4H3;/q+1;-1. The molecule has 0 spiro atoms. The van der Waals surface area contributed by atoms with Gasteiger partial charge in [-0.1, -0.05) is 6.92 Å². The highest BCUT2D eigenvalue weighted by molar-refractivity contribution is 8.13. The molecule has 14 heteroatoms. The van der Waals surface area contributed by atoms with E-state index in [1.54, 1.807) is 0 Å². The summed E-state index contributed by atoms with van der Waals surface area (Å²) >= 11 is 0. The number of quaternary nitrogens is 1. The number of alkyl halides is 6. The van der Waals surface area contributed by atoms with Crippen molar-refractivity contribution in [3.8, 4) is 0 Å². The summed E-state index contributed by atoms with van der Waals surface area (Å²) in [4.78, 5) is 0. The fourth-order valence-corrected chi connectivity index (χ4v) is 2.81. The van der Waals surface area contributed by atoms with Crippen LogP contribution in [0.4, 0.5) is 26.3 Å². The van der Waals surface area contributed by atoms with E-state index in [4.69, 9.17) is 0 Å². The highest BCUT2D eigenvalue weighted by Crippen LogP contribution is 2.36. The molecule has 0 fully saturated rings. The molecule has 0 aliphatic rings. The van der Waals surface area contributed by atoms with E-state index >= 15 is 0 Å². The molecule has 0 aromatic heterocycles. The normalized spacial score (nSPS) is 15.9. The van der Waals surface area contributed by atoms with Crippen LogP contribution >= 0.6 is 0 Å². The van der Waals surface area contributed by atoms with Crippen molar-refractivity contribution in [2.24, 2.45) is 0 Å². The van der Waals surface area contributed by atoms with E-state index in [-0.39, 0.29) is 0 Å². The second-order valence-electron chi connectivity index (χ2n) is 4.62. The van der Waals surface area contributed by atoms with Crippen molar-refractivity contribution in [2.75, 3.05) is 20.1 Å². The SMILES string of the molecule is C=C[N+](C)(CC)CCC.O=S(=O)([N-]S(=O)(=O)C(F)(F)F)C(F)(F)F. The van der Waals surface area contributed by atoms with Gasteiger partial charge < -0.3 is 8.61 Å². The van der Waals surface area contributed by atoms with Gasteiger partial charge in [-0.2, -0.15) is 26.3 Å². The maximum Gasteiger partial charge on any atom is 0.480 e. The number of hydrogen-bond donors (Lipinski definition) is 0. The maximum absolute atomic E-state index is 11.4. The van der Waals surface area contributed by atoms with Gasteiger partial charge in [-0.15, -0.1) is 0 Å². The van der Waals surface area contributed by atoms with E-state index < -0.39 is 31.1 Å². The Labute approximate surface area is 136 Å². The Balaban J connectivity index is 0. The lowest BCUT2D eigenvalue weighted by Crippen LogP contribution is -2.38. The Kier molecular flexibility index (Phi) is 8.98. The van der Waals surface area contributed by atoms with E-state index in [1.165, 1.54) is 13.0 Å². The molecule has 1 unspecified atom stereocenters. The van der Waals surface area contributed by atoms with Gasteiger partial charge >= 0.3 is 11.0 Å². The molecule has 0 bridgehead atoms. The lowest BCUT2D eigenvalue weighted by molar-refractivity contribution is -0.857. The van der Waals surface area contributed by atoms with Crippen molar-refractivity contribution in [1.29, 1.82) is 0 Å². The molecule has 0 radical (unpaired) electrons. The van der Waals surface area contributed by atoms with Crippen molar-refractivity contribution in [2.45, 2.75) is 31.3 Å². The molecule has 0 N–H and O–H groups in total. The predicted molar refractivity (Wildman–Crippen MR) is 75.4 cm³/mol. The molecule has 0 aromatic carbocycles. The zero-order chi connectivity index (χ0) is 20.0. The molecule has 6 nitrogen and oxygen atoms in total. The minimum Gasteiger partial charge on any atom is -0.421 e. The molecule has 1 atom stereocenters. The second kappa shape index (κ2) is 8.49. The molecular weight excluding hydrogens is 390 g/mol. The summed E-state index contributed by atoms with van der Waals surface area (Å²) in [5, 5.41) is 0. The van der Waals surface area contributed by atoms with Crippen molar-refractivity contribution in [3.05, 3.63) is 16.9 Å². The molecule has 146 valence electrons. The third kappa shape index (κ3) is 7.81. The molecule has 0 heterocycles. The van der Waals surface area contributed by atoms with Gasteiger partial charge in [0.05, 0.1) is 26.3 Å². The van der Waals surface area contributed by atoms with Gasteiger partial charge in [0.15, 0.2) is 20.0 Å². The van der Waals surface area contributed by atoms with Crippen LogP contribution in [0.1, 0.15) is 20.3 Å². The minimum absolute atomic E-state index is 0.778. The molecule has 0 rings (SSSR count). The summed E-state index contributed by atoms with van der Waals surface area (Å²) in [6, 6.07) is 0. The Morgan fingerprint density at radius 1 is 0.958 bits per heavy atom. The van der Waals surface area contributed by atoms with E-state index in [0.29, 0.717) is 0 Å². The monoisotopic (exact) mass is 408 g/mol. The Morgan fingerprint density at radius 3 is 1.42 bits per heavy atom. The molecular formula is C10H18F6N2O4S2. The first-order chi connectivity index (χ1) is 10.4. The quantitative estimate of drug-likeness (QED) is 0.500. The van der Waals surface area contributed by atoms with Gasteiger partial charge in [-0.25, -0.2) is 16.8 Å². The summed E-state index contributed by atoms with van der Waals surface area (Å²) in [5.41, 5.74) is -12.4. The summed E-state index contributed by atoms with van der Waals surface area (Å²) < 4.78 is 110. The Hall–Kier alpha value is -0.860. The number of rotatable bonds is 6. The zero-order valence-corrected chi connectivity index (χ0v) is 14.7. The van der Waals surface area contributed by atoms with Crippen LogP contribution in [0.25, 0.3) is 4.13 Å². The first-order valence-corrected chi connectivity index (χ1v) is 9.11. The second-order valence-corrected chi connectivity index (χ2v) is 8.04. The number of hydrogen-bond acceptors (Lipinski definition) is 4. The molecule has 0 saturated carbocycles. The summed E-state index contributed by atoms with van der Waals surface area (Å²) in [7, 11) is -11.2. The lowest BCUT2D eigenvalue weighted by Gasteiger charge is -2.27. The minimum atomic E-state index is -6.72. The molecule has 0 amide bonds. The smallest absolute Gasteiger partial charge is 0.421 e. The summed E-state index contributed by atoms with van der Waals surface area (Å²) in [6.45, 7) is 10.5. The van der Waals surface area contributed by atoms with Crippen LogP contribution in [0.3, 0.4) is 0 Å². The van der Waals surface area contributed by atoms with Crippen molar-refractivity contribution >= 4 is 20.0 Å². The molecule has 0 aliphatic carbocycles. The molecule has 24 heavy (non-hydrogen) atoms. The number of nitrogens with zero attached hydrogens (tertiary/aromatic N) is 2. The van der Waals surface area contributed by atoms with Gasteiger partial charge in [-0.3, -0.25) is 0 Å². The van der Waals surface area contributed by atoms with E-state index in [1.807, 2.05) is 6.20 Å². The van der Waals surface area contributed by atoms with E-state index in [0.717, 1.165) is 15.2 Å². The summed E-state index contributed by atoms with van der Waals surface area (Å²) in [5.74, 6) is 0. The van der Waals surface area contributed by atoms with Crippen LogP contribution in [0.5, 0.6) is 0 Å². The largest absolute Gasteiger partial charge is 0.480 e. The Morgan fingerprint density at radius 2 is 1.29 bits per heavy atom. The average Bonchev–Trinajstić information content (AvgIpc) is 2.35. The van der Waals surface area contributed by atoms with Gasteiger partial charge in [0.1, 0.15) is 0 Å². The van der Waals surface area contributed by atoms with Crippen molar-refractivity contribution in [3.63, 3.8) is 0 Å². The lowest BCUT2D eigenvalue weighted by atomic mass is 10.3. The van der Waals surface area contributed by atoms with Gasteiger partial charge in [0, 0.05) is 0 Å². The topological polar surface area (TPSA) is 82.4 Å².